The Kier molecular flexibility index (Phi) is 2.77. The van der Waals surface area contributed by atoms with Crippen LogP contribution in [0.15, 0.2) is 12.2 Å². The third-order valence-electron chi connectivity index (χ3n) is 2.29. The Morgan fingerprint density at radius 2 is 1.83 bits per heavy atom. The summed E-state index contributed by atoms with van der Waals surface area (Å²) in [5.41, 5.74) is 5.26. The van der Waals surface area contributed by atoms with E-state index in [1.807, 2.05) is 0 Å². The van der Waals surface area contributed by atoms with E-state index in [0.717, 1.165) is 0 Å². The SMILES string of the molecule is NCC1CC=CCC1C(F)(F)F. The molecule has 1 aliphatic rings. The molecule has 0 aromatic carbocycles. The summed E-state index contributed by atoms with van der Waals surface area (Å²) < 4.78 is 36.9. The second-order valence-electron chi connectivity index (χ2n) is 3.09. The summed E-state index contributed by atoms with van der Waals surface area (Å²) in [5.74, 6) is -1.65. The molecule has 2 unspecified atom stereocenters. The van der Waals surface area contributed by atoms with Crippen molar-refractivity contribution >= 4 is 0 Å². The Morgan fingerprint density at radius 1 is 1.25 bits per heavy atom. The first-order valence-corrected chi connectivity index (χ1v) is 3.97. The maximum atomic E-state index is 12.3. The van der Waals surface area contributed by atoms with Gasteiger partial charge in [-0.05, 0) is 25.3 Å². The van der Waals surface area contributed by atoms with Gasteiger partial charge in [0.05, 0.1) is 5.92 Å². The zero-order valence-electron chi connectivity index (χ0n) is 6.64. The lowest BCUT2D eigenvalue weighted by Crippen LogP contribution is -2.35. The Labute approximate surface area is 69.4 Å². The number of halogens is 3. The van der Waals surface area contributed by atoms with Crippen LogP contribution in [0, 0.1) is 11.8 Å². The van der Waals surface area contributed by atoms with Crippen LogP contribution in [-0.4, -0.2) is 12.7 Å². The van der Waals surface area contributed by atoms with Gasteiger partial charge >= 0.3 is 6.18 Å². The molecule has 0 spiro atoms. The van der Waals surface area contributed by atoms with Gasteiger partial charge in [0.15, 0.2) is 0 Å². The zero-order chi connectivity index (χ0) is 9.19. The minimum absolute atomic E-state index is 0.0887. The van der Waals surface area contributed by atoms with Crippen LogP contribution >= 0.6 is 0 Å². The van der Waals surface area contributed by atoms with E-state index in [1.165, 1.54) is 0 Å². The Bertz CT molecular complexity index is 174. The van der Waals surface area contributed by atoms with Gasteiger partial charge in [0.1, 0.15) is 0 Å². The molecule has 12 heavy (non-hydrogen) atoms. The fourth-order valence-corrected chi connectivity index (χ4v) is 1.53. The van der Waals surface area contributed by atoms with E-state index in [0.29, 0.717) is 6.42 Å². The molecule has 70 valence electrons. The van der Waals surface area contributed by atoms with Gasteiger partial charge < -0.3 is 5.73 Å². The van der Waals surface area contributed by atoms with Crippen molar-refractivity contribution in [3.8, 4) is 0 Å². The van der Waals surface area contributed by atoms with Crippen molar-refractivity contribution in [2.75, 3.05) is 6.54 Å². The number of hydrogen-bond acceptors (Lipinski definition) is 1. The first kappa shape index (κ1) is 9.58. The summed E-state index contributed by atoms with van der Waals surface area (Å²) in [7, 11) is 0. The molecule has 1 rings (SSSR count). The Balaban J connectivity index is 2.67. The van der Waals surface area contributed by atoms with Crippen molar-refractivity contribution in [2.45, 2.75) is 19.0 Å². The topological polar surface area (TPSA) is 26.0 Å². The lowest BCUT2D eigenvalue weighted by atomic mass is 9.83. The molecule has 1 aliphatic carbocycles. The average molecular weight is 179 g/mol. The van der Waals surface area contributed by atoms with Crippen molar-refractivity contribution in [1.82, 2.24) is 0 Å². The molecule has 2 N–H and O–H groups in total. The van der Waals surface area contributed by atoms with E-state index in [4.69, 9.17) is 5.73 Å². The third-order valence-corrected chi connectivity index (χ3v) is 2.29. The van der Waals surface area contributed by atoms with E-state index >= 15 is 0 Å². The molecule has 0 radical (unpaired) electrons. The largest absolute Gasteiger partial charge is 0.392 e. The zero-order valence-corrected chi connectivity index (χ0v) is 6.64. The maximum Gasteiger partial charge on any atom is 0.392 e. The van der Waals surface area contributed by atoms with Crippen LogP contribution in [-0.2, 0) is 0 Å². The van der Waals surface area contributed by atoms with Crippen molar-refractivity contribution in [1.29, 1.82) is 0 Å². The molecular weight excluding hydrogens is 167 g/mol. The fraction of sp³-hybridized carbons (Fsp3) is 0.750. The monoisotopic (exact) mass is 179 g/mol. The highest BCUT2D eigenvalue weighted by atomic mass is 19.4. The molecule has 2 atom stereocenters. The van der Waals surface area contributed by atoms with Crippen LogP contribution in [0.25, 0.3) is 0 Å². The molecule has 0 bridgehead atoms. The Hall–Kier alpha value is -0.510. The summed E-state index contributed by atoms with van der Waals surface area (Å²) in [6.07, 6.45) is -0.176. The molecule has 0 heterocycles. The number of nitrogens with two attached hydrogens (primary N) is 1. The van der Waals surface area contributed by atoms with Crippen molar-refractivity contribution in [3.05, 3.63) is 12.2 Å². The molecule has 0 fully saturated rings. The second kappa shape index (κ2) is 3.47. The van der Waals surface area contributed by atoms with E-state index in [2.05, 4.69) is 0 Å². The van der Waals surface area contributed by atoms with E-state index in [1.54, 1.807) is 12.2 Å². The van der Waals surface area contributed by atoms with Crippen molar-refractivity contribution in [3.63, 3.8) is 0 Å². The lowest BCUT2D eigenvalue weighted by Gasteiger charge is -2.29. The highest BCUT2D eigenvalue weighted by Crippen LogP contribution is 2.38. The minimum atomic E-state index is -4.09. The number of hydrogen-bond donors (Lipinski definition) is 1. The average Bonchev–Trinajstić information content (AvgIpc) is 2.03. The first-order valence-electron chi connectivity index (χ1n) is 3.97. The van der Waals surface area contributed by atoms with Crippen LogP contribution in [0.5, 0.6) is 0 Å². The maximum absolute atomic E-state index is 12.3. The first-order chi connectivity index (χ1) is 5.55. The normalized spacial score (nSPS) is 30.7. The quantitative estimate of drug-likeness (QED) is 0.613. The Morgan fingerprint density at radius 3 is 2.25 bits per heavy atom. The highest BCUT2D eigenvalue weighted by Gasteiger charge is 2.43. The molecule has 0 aromatic heterocycles. The molecule has 1 nitrogen and oxygen atoms in total. The smallest absolute Gasteiger partial charge is 0.330 e. The summed E-state index contributed by atoms with van der Waals surface area (Å²) >= 11 is 0. The molecule has 0 aromatic rings. The summed E-state index contributed by atoms with van der Waals surface area (Å²) in [5, 5.41) is 0. The summed E-state index contributed by atoms with van der Waals surface area (Å²) in [4.78, 5) is 0. The van der Waals surface area contributed by atoms with Gasteiger partial charge in [0.25, 0.3) is 0 Å². The van der Waals surface area contributed by atoms with E-state index in [9.17, 15) is 13.2 Å². The van der Waals surface area contributed by atoms with Gasteiger partial charge in [-0.3, -0.25) is 0 Å². The molecule has 4 heteroatoms. The second-order valence-corrected chi connectivity index (χ2v) is 3.09. The highest BCUT2D eigenvalue weighted by molar-refractivity contribution is 4.96. The van der Waals surface area contributed by atoms with E-state index in [-0.39, 0.29) is 13.0 Å². The van der Waals surface area contributed by atoms with Crippen LogP contribution in [0.3, 0.4) is 0 Å². The minimum Gasteiger partial charge on any atom is -0.330 e. The lowest BCUT2D eigenvalue weighted by molar-refractivity contribution is -0.188. The third kappa shape index (κ3) is 2.00. The van der Waals surface area contributed by atoms with E-state index < -0.39 is 18.0 Å². The van der Waals surface area contributed by atoms with Gasteiger partial charge in [-0.15, -0.1) is 0 Å². The van der Waals surface area contributed by atoms with Crippen molar-refractivity contribution < 1.29 is 13.2 Å². The summed E-state index contributed by atoms with van der Waals surface area (Å²) in [6.45, 7) is 0.120. The van der Waals surface area contributed by atoms with Gasteiger partial charge in [-0.1, -0.05) is 12.2 Å². The summed E-state index contributed by atoms with van der Waals surface area (Å²) in [6, 6.07) is 0. The van der Waals surface area contributed by atoms with Gasteiger partial charge in [0.2, 0.25) is 0 Å². The predicted octanol–water partition coefficient (Wildman–Crippen LogP) is 2.09. The molecule has 0 aliphatic heterocycles. The number of allylic oxidation sites excluding steroid dienone is 2. The van der Waals surface area contributed by atoms with Crippen LogP contribution in [0.4, 0.5) is 13.2 Å². The van der Waals surface area contributed by atoms with Gasteiger partial charge in [-0.2, -0.15) is 13.2 Å². The molecule has 0 amide bonds. The van der Waals surface area contributed by atoms with Crippen LogP contribution in [0.2, 0.25) is 0 Å². The predicted molar refractivity (Wildman–Crippen MR) is 40.5 cm³/mol. The van der Waals surface area contributed by atoms with Crippen molar-refractivity contribution in [2.24, 2.45) is 17.6 Å². The number of alkyl halides is 3. The molecule has 0 saturated heterocycles. The molecular formula is C8H12F3N. The van der Waals surface area contributed by atoms with Gasteiger partial charge in [-0.25, -0.2) is 0 Å². The standard InChI is InChI=1S/C8H12F3N/c9-8(10,11)7-4-2-1-3-6(7)5-12/h1-2,6-7H,3-5,12H2. The fourth-order valence-electron chi connectivity index (χ4n) is 1.53. The number of rotatable bonds is 1. The van der Waals surface area contributed by atoms with Crippen LogP contribution < -0.4 is 5.73 Å². The van der Waals surface area contributed by atoms with Crippen LogP contribution in [0.1, 0.15) is 12.8 Å². The molecule has 0 saturated carbocycles. The van der Waals surface area contributed by atoms with Gasteiger partial charge in [0, 0.05) is 0 Å².